The van der Waals surface area contributed by atoms with Crippen LogP contribution in [0.1, 0.15) is 36.6 Å². The maximum Gasteiger partial charge on any atom is 0.239 e. The van der Waals surface area contributed by atoms with Gasteiger partial charge in [0.1, 0.15) is 11.1 Å². The predicted molar refractivity (Wildman–Crippen MR) is 122 cm³/mol. The van der Waals surface area contributed by atoms with Crippen LogP contribution in [0.25, 0.3) is 11.3 Å². The van der Waals surface area contributed by atoms with Gasteiger partial charge < -0.3 is 5.32 Å². The standard InChI is InChI=1S/C22H19ClN4OS2/c1-13(30-21-16(11-24)10-15-4-2-3-5-18(15)25-21)20(28)27-22-26-19(12-29-22)14-6-8-17(23)9-7-14/h6-10,12-13H,2-5H2,1H3,(H,26,27,28). The first kappa shape index (κ1) is 20.9. The second-order valence-corrected chi connectivity index (χ2v) is 9.68. The van der Waals surface area contributed by atoms with Crippen molar-refractivity contribution in [3.05, 3.63) is 57.6 Å². The molecule has 0 fully saturated rings. The van der Waals surface area contributed by atoms with Gasteiger partial charge in [-0.15, -0.1) is 11.3 Å². The van der Waals surface area contributed by atoms with E-state index in [4.69, 9.17) is 16.6 Å². The molecule has 1 aromatic carbocycles. The van der Waals surface area contributed by atoms with E-state index in [9.17, 15) is 10.1 Å². The molecule has 3 aromatic rings. The largest absolute Gasteiger partial charge is 0.301 e. The first-order valence-corrected chi connectivity index (χ1v) is 11.8. The first-order valence-electron chi connectivity index (χ1n) is 9.65. The summed E-state index contributed by atoms with van der Waals surface area (Å²) in [5, 5.41) is 15.7. The summed E-state index contributed by atoms with van der Waals surface area (Å²) < 4.78 is 0. The SMILES string of the molecule is CC(Sc1nc2c(cc1C#N)CCCC2)C(=O)Nc1nc(-c2ccc(Cl)cc2)cs1. The van der Waals surface area contributed by atoms with Crippen molar-refractivity contribution in [1.29, 1.82) is 5.26 Å². The fourth-order valence-corrected chi connectivity index (χ4v) is 5.04. The molecule has 1 atom stereocenters. The Hall–Kier alpha value is -2.40. The average Bonchev–Trinajstić information content (AvgIpc) is 3.22. The quantitative estimate of drug-likeness (QED) is 0.498. The number of carbonyl (C=O) groups is 1. The zero-order valence-corrected chi connectivity index (χ0v) is 18.7. The van der Waals surface area contributed by atoms with Crippen LogP contribution in [0.5, 0.6) is 0 Å². The van der Waals surface area contributed by atoms with Crippen LogP contribution in [0, 0.1) is 11.3 Å². The van der Waals surface area contributed by atoms with Crippen molar-refractivity contribution in [1.82, 2.24) is 9.97 Å². The van der Waals surface area contributed by atoms with Crippen molar-refractivity contribution in [3.63, 3.8) is 0 Å². The number of pyridine rings is 1. The number of fused-ring (bicyclic) bond motifs is 1. The van der Waals surface area contributed by atoms with Crippen molar-refractivity contribution >= 4 is 45.7 Å². The number of benzene rings is 1. The molecule has 152 valence electrons. The lowest BCUT2D eigenvalue weighted by atomic mass is 9.95. The van der Waals surface area contributed by atoms with E-state index in [1.165, 1.54) is 23.1 Å². The molecule has 0 spiro atoms. The van der Waals surface area contributed by atoms with Crippen molar-refractivity contribution in [3.8, 4) is 17.3 Å². The number of amides is 1. The summed E-state index contributed by atoms with van der Waals surface area (Å²) in [6.45, 7) is 1.82. The first-order chi connectivity index (χ1) is 14.5. The molecule has 1 aliphatic carbocycles. The molecule has 0 aliphatic heterocycles. The van der Waals surface area contributed by atoms with E-state index in [0.29, 0.717) is 20.7 Å². The van der Waals surface area contributed by atoms with Gasteiger partial charge in [0.2, 0.25) is 5.91 Å². The fraction of sp³-hybridized carbons (Fsp3) is 0.273. The van der Waals surface area contributed by atoms with E-state index < -0.39 is 5.25 Å². The van der Waals surface area contributed by atoms with E-state index in [-0.39, 0.29) is 5.91 Å². The van der Waals surface area contributed by atoms with E-state index in [1.807, 2.05) is 42.6 Å². The van der Waals surface area contributed by atoms with Crippen molar-refractivity contribution in [2.75, 3.05) is 5.32 Å². The highest BCUT2D eigenvalue weighted by atomic mass is 35.5. The number of rotatable bonds is 5. The highest BCUT2D eigenvalue weighted by Gasteiger charge is 2.21. The van der Waals surface area contributed by atoms with Crippen LogP contribution < -0.4 is 5.32 Å². The van der Waals surface area contributed by atoms with Crippen LogP contribution in [0.4, 0.5) is 5.13 Å². The monoisotopic (exact) mass is 454 g/mol. The number of carbonyl (C=O) groups excluding carboxylic acids is 1. The maximum atomic E-state index is 12.7. The zero-order chi connectivity index (χ0) is 21.1. The molecular weight excluding hydrogens is 436 g/mol. The van der Waals surface area contributed by atoms with Gasteiger partial charge in [-0.05, 0) is 56.4 Å². The predicted octanol–water partition coefficient (Wildman–Crippen LogP) is 5.73. The molecule has 4 rings (SSSR count). The Morgan fingerprint density at radius 3 is 2.80 bits per heavy atom. The third-order valence-electron chi connectivity index (χ3n) is 4.92. The lowest BCUT2D eigenvalue weighted by Gasteiger charge is -2.17. The van der Waals surface area contributed by atoms with Crippen LogP contribution >= 0.6 is 34.7 Å². The van der Waals surface area contributed by atoms with Crippen LogP contribution in [0.3, 0.4) is 0 Å². The molecule has 30 heavy (non-hydrogen) atoms. The van der Waals surface area contributed by atoms with Crippen LogP contribution in [0.15, 0.2) is 40.7 Å². The molecule has 2 heterocycles. The van der Waals surface area contributed by atoms with Crippen molar-refractivity contribution in [2.24, 2.45) is 0 Å². The third kappa shape index (κ3) is 4.67. The number of nitrogens with one attached hydrogen (secondary N) is 1. The molecule has 1 amide bonds. The summed E-state index contributed by atoms with van der Waals surface area (Å²) in [5.41, 5.74) is 4.49. The van der Waals surface area contributed by atoms with E-state index in [2.05, 4.69) is 16.4 Å². The number of aromatic nitrogens is 2. The van der Waals surface area contributed by atoms with E-state index in [0.717, 1.165) is 48.2 Å². The second-order valence-electron chi connectivity index (χ2n) is 7.06. The lowest BCUT2D eigenvalue weighted by Crippen LogP contribution is -2.22. The fourth-order valence-electron chi connectivity index (χ4n) is 3.30. The number of nitriles is 1. The van der Waals surface area contributed by atoms with E-state index >= 15 is 0 Å². The highest BCUT2D eigenvalue weighted by Crippen LogP contribution is 2.31. The van der Waals surface area contributed by atoms with Crippen molar-refractivity contribution < 1.29 is 4.79 Å². The molecule has 0 saturated carbocycles. The summed E-state index contributed by atoms with van der Waals surface area (Å²) in [6, 6.07) is 11.6. The Morgan fingerprint density at radius 1 is 1.27 bits per heavy atom. The minimum Gasteiger partial charge on any atom is -0.301 e. The van der Waals surface area contributed by atoms with Crippen LogP contribution in [-0.2, 0) is 17.6 Å². The van der Waals surface area contributed by atoms with Crippen molar-refractivity contribution in [2.45, 2.75) is 42.9 Å². The summed E-state index contributed by atoms with van der Waals surface area (Å²) in [6.07, 6.45) is 4.16. The Kier molecular flexibility index (Phi) is 6.38. The smallest absolute Gasteiger partial charge is 0.239 e. The number of thiazole rings is 1. The number of aryl methyl sites for hydroxylation is 2. The Morgan fingerprint density at radius 2 is 2.03 bits per heavy atom. The van der Waals surface area contributed by atoms with Gasteiger partial charge in [0.25, 0.3) is 0 Å². The highest BCUT2D eigenvalue weighted by molar-refractivity contribution is 8.00. The molecule has 8 heteroatoms. The number of halogens is 1. The Labute approximate surface area is 188 Å². The van der Waals surface area contributed by atoms with Gasteiger partial charge in [-0.3, -0.25) is 4.79 Å². The molecule has 0 radical (unpaired) electrons. The molecule has 5 nitrogen and oxygen atoms in total. The van der Waals surface area contributed by atoms with Gasteiger partial charge in [0.15, 0.2) is 5.13 Å². The number of anilines is 1. The summed E-state index contributed by atoms with van der Waals surface area (Å²) in [7, 11) is 0. The maximum absolute atomic E-state index is 12.7. The molecule has 0 saturated heterocycles. The average molecular weight is 455 g/mol. The zero-order valence-electron chi connectivity index (χ0n) is 16.3. The molecular formula is C22H19ClN4OS2. The van der Waals surface area contributed by atoms with E-state index in [1.54, 1.807) is 0 Å². The van der Waals surface area contributed by atoms with Gasteiger partial charge in [0, 0.05) is 21.7 Å². The molecule has 1 unspecified atom stereocenters. The number of thioether (sulfide) groups is 1. The summed E-state index contributed by atoms with van der Waals surface area (Å²) in [5.74, 6) is -0.166. The Balaban J connectivity index is 1.45. The number of nitrogens with zero attached hydrogens (tertiary/aromatic N) is 3. The summed E-state index contributed by atoms with van der Waals surface area (Å²) in [4.78, 5) is 21.9. The topological polar surface area (TPSA) is 78.7 Å². The van der Waals surface area contributed by atoms with Gasteiger partial charge in [-0.25, -0.2) is 9.97 Å². The van der Waals surface area contributed by atoms with Crippen LogP contribution in [0.2, 0.25) is 5.02 Å². The van der Waals surface area contributed by atoms with Gasteiger partial charge in [-0.2, -0.15) is 5.26 Å². The second kappa shape index (κ2) is 9.17. The van der Waals surface area contributed by atoms with Gasteiger partial charge in [0.05, 0.1) is 16.5 Å². The minimum absolute atomic E-state index is 0.166. The molecule has 2 aromatic heterocycles. The number of hydrogen-bond donors (Lipinski definition) is 1. The van der Waals surface area contributed by atoms with Crippen LogP contribution in [-0.4, -0.2) is 21.1 Å². The number of hydrogen-bond acceptors (Lipinski definition) is 6. The third-order valence-corrected chi connectivity index (χ3v) is 7.03. The lowest BCUT2D eigenvalue weighted by molar-refractivity contribution is -0.115. The molecule has 1 N–H and O–H groups in total. The van der Waals surface area contributed by atoms with Gasteiger partial charge >= 0.3 is 0 Å². The summed E-state index contributed by atoms with van der Waals surface area (Å²) >= 11 is 8.62. The Bertz CT molecular complexity index is 1120. The molecule has 0 bridgehead atoms. The minimum atomic E-state index is -0.408. The van der Waals surface area contributed by atoms with Gasteiger partial charge in [-0.1, -0.05) is 35.5 Å². The normalized spacial score (nSPS) is 13.9. The molecule has 1 aliphatic rings.